The summed E-state index contributed by atoms with van der Waals surface area (Å²) in [6.45, 7) is 6.07. The monoisotopic (exact) mass is 252 g/mol. The molecule has 2 aliphatic rings. The summed E-state index contributed by atoms with van der Waals surface area (Å²) >= 11 is 0. The zero-order valence-corrected chi connectivity index (χ0v) is 11.9. The van der Waals surface area contributed by atoms with E-state index in [0.29, 0.717) is 18.0 Å². The van der Waals surface area contributed by atoms with E-state index >= 15 is 0 Å². The number of hydrogen-bond donors (Lipinski definition) is 2. The number of nitrogens with one attached hydrogen (secondary N) is 2. The second kappa shape index (κ2) is 6.05. The van der Waals surface area contributed by atoms with Crippen LogP contribution in [0.2, 0.25) is 0 Å². The van der Waals surface area contributed by atoms with Crippen molar-refractivity contribution in [3.05, 3.63) is 0 Å². The van der Waals surface area contributed by atoms with Crippen molar-refractivity contribution in [1.29, 1.82) is 0 Å². The summed E-state index contributed by atoms with van der Waals surface area (Å²) in [5.41, 5.74) is 0.505. The van der Waals surface area contributed by atoms with Gasteiger partial charge in [-0.1, -0.05) is 39.5 Å². The van der Waals surface area contributed by atoms with Crippen LogP contribution in [0.5, 0.6) is 0 Å². The molecule has 3 heteroatoms. The molecule has 2 aliphatic carbocycles. The molecule has 2 saturated carbocycles. The molecule has 1 amide bonds. The Bertz CT molecular complexity index is 280. The van der Waals surface area contributed by atoms with Gasteiger partial charge in [0.2, 0.25) is 5.91 Å². The van der Waals surface area contributed by atoms with Gasteiger partial charge in [0.1, 0.15) is 0 Å². The number of carbonyl (C=O) groups excluding carboxylic acids is 1. The quantitative estimate of drug-likeness (QED) is 0.738. The van der Waals surface area contributed by atoms with Crippen LogP contribution in [0.4, 0.5) is 0 Å². The van der Waals surface area contributed by atoms with E-state index in [1.807, 2.05) is 0 Å². The van der Waals surface area contributed by atoms with Crippen LogP contribution in [-0.2, 0) is 4.79 Å². The maximum absolute atomic E-state index is 11.8. The highest BCUT2D eigenvalue weighted by atomic mass is 16.1. The molecule has 0 aromatic rings. The molecule has 0 aromatic carbocycles. The molecule has 0 radical (unpaired) electrons. The third-order valence-electron chi connectivity index (χ3n) is 4.61. The molecule has 1 unspecified atom stereocenters. The van der Waals surface area contributed by atoms with Crippen LogP contribution in [0.1, 0.15) is 58.8 Å². The van der Waals surface area contributed by atoms with Gasteiger partial charge in [-0.15, -0.1) is 0 Å². The van der Waals surface area contributed by atoms with Crippen molar-refractivity contribution in [1.82, 2.24) is 10.6 Å². The summed E-state index contributed by atoms with van der Waals surface area (Å²) < 4.78 is 0. The average Bonchev–Trinajstić information content (AvgIpc) is 2.97. The van der Waals surface area contributed by atoms with Gasteiger partial charge in [0.15, 0.2) is 0 Å². The van der Waals surface area contributed by atoms with Crippen LogP contribution in [0.25, 0.3) is 0 Å². The fourth-order valence-corrected chi connectivity index (χ4v) is 2.99. The fraction of sp³-hybridized carbons (Fsp3) is 0.933. The Morgan fingerprint density at radius 3 is 2.33 bits per heavy atom. The van der Waals surface area contributed by atoms with Crippen LogP contribution in [0, 0.1) is 11.3 Å². The van der Waals surface area contributed by atoms with E-state index in [1.54, 1.807) is 0 Å². The molecule has 1 atom stereocenters. The van der Waals surface area contributed by atoms with Gasteiger partial charge in [-0.25, -0.2) is 0 Å². The van der Waals surface area contributed by atoms with Crippen molar-refractivity contribution < 1.29 is 4.79 Å². The lowest BCUT2D eigenvalue weighted by atomic mass is 10.1. The van der Waals surface area contributed by atoms with E-state index < -0.39 is 0 Å². The lowest BCUT2D eigenvalue weighted by Crippen LogP contribution is -2.40. The SMILES string of the molecule is CC1(C)CC1CNCC(=O)NC1CCCCCC1. The predicted molar refractivity (Wildman–Crippen MR) is 74.4 cm³/mol. The number of hydrogen-bond acceptors (Lipinski definition) is 2. The Hall–Kier alpha value is -0.570. The number of amides is 1. The molecule has 104 valence electrons. The maximum Gasteiger partial charge on any atom is 0.234 e. The van der Waals surface area contributed by atoms with Crippen LogP contribution >= 0.6 is 0 Å². The molecule has 0 saturated heterocycles. The smallest absolute Gasteiger partial charge is 0.234 e. The highest BCUT2D eigenvalue weighted by molar-refractivity contribution is 5.78. The van der Waals surface area contributed by atoms with Crippen molar-refractivity contribution in [2.45, 2.75) is 64.8 Å². The molecular weight excluding hydrogens is 224 g/mol. The van der Waals surface area contributed by atoms with Gasteiger partial charge in [0.05, 0.1) is 6.54 Å². The molecular formula is C15H28N2O. The second-order valence-electron chi connectivity index (χ2n) is 6.78. The first-order valence-electron chi connectivity index (χ1n) is 7.58. The first-order chi connectivity index (χ1) is 8.58. The van der Waals surface area contributed by atoms with Crippen molar-refractivity contribution >= 4 is 5.91 Å². The van der Waals surface area contributed by atoms with Gasteiger partial charge in [-0.2, -0.15) is 0 Å². The minimum atomic E-state index is 0.181. The van der Waals surface area contributed by atoms with Crippen LogP contribution < -0.4 is 10.6 Å². The summed E-state index contributed by atoms with van der Waals surface area (Å²) in [5, 5.41) is 6.47. The molecule has 0 aromatic heterocycles. The normalized spacial score (nSPS) is 27.6. The minimum absolute atomic E-state index is 0.181. The van der Waals surface area contributed by atoms with Crippen molar-refractivity contribution in [2.24, 2.45) is 11.3 Å². The Kier molecular flexibility index (Phi) is 4.66. The molecule has 2 fully saturated rings. The van der Waals surface area contributed by atoms with Crippen LogP contribution in [-0.4, -0.2) is 25.0 Å². The molecule has 0 bridgehead atoms. The Balaban J connectivity index is 1.57. The predicted octanol–water partition coefficient (Wildman–Crippen LogP) is 2.46. The van der Waals surface area contributed by atoms with Crippen molar-refractivity contribution in [3.8, 4) is 0 Å². The van der Waals surface area contributed by atoms with Gasteiger partial charge in [-0.05, 0) is 37.1 Å². The maximum atomic E-state index is 11.8. The Labute approximate surface area is 111 Å². The largest absolute Gasteiger partial charge is 0.352 e. The molecule has 0 heterocycles. The fourth-order valence-electron chi connectivity index (χ4n) is 2.99. The molecule has 0 aliphatic heterocycles. The first kappa shape index (κ1) is 13.9. The minimum Gasteiger partial charge on any atom is -0.352 e. The van der Waals surface area contributed by atoms with E-state index in [1.165, 1.54) is 44.9 Å². The third-order valence-corrected chi connectivity index (χ3v) is 4.61. The van der Waals surface area contributed by atoms with E-state index in [9.17, 15) is 4.79 Å². The van der Waals surface area contributed by atoms with Crippen molar-refractivity contribution in [2.75, 3.05) is 13.1 Å². The Morgan fingerprint density at radius 2 is 1.78 bits per heavy atom. The average molecular weight is 252 g/mol. The Morgan fingerprint density at radius 1 is 1.17 bits per heavy atom. The second-order valence-corrected chi connectivity index (χ2v) is 6.78. The molecule has 3 nitrogen and oxygen atoms in total. The molecule has 2 rings (SSSR count). The number of rotatable bonds is 5. The summed E-state index contributed by atoms with van der Waals surface area (Å²) in [5.74, 6) is 0.948. The van der Waals surface area contributed by atoms with Gasteiger partial charge >= 0.3 is 0 Å². The van der Waals surface area contributed by atoms with E-state index in [0.717, 1.165) is 12.5 Å². The van der Waals surface area contributed by atoms with Gasteiger partial charge in [0, 0.05) is 6.04 Å². The topological polar surface area (TPSA) is 41.1 Å². The highest BCUT2D eigenvalue weighted by Gasteiger charge is 2.44. The zero-order valence-electron chi connectivity index (χ0n) is 11.9. The van der Waals surface area contributed by atoms with Crippen LogP contribution in [0.15, 0.2) is 0 Å². The van der Waals surface area contributed by atoms with Crippen molar-refractivity contribution in [3.63, 3.8) is 0 Å². The summed E-state index contributed by atoms with van der Waals surface area (Å²) in [4.78, 5) is 11.8. The zero-order chi connectivity index (χ0) is 13.0. The lowest BCUT2D eigenvalue weighted by molar-refractivity contribution is -0.121. The molecule has 2 N–H and O–H groups in total. The summed E-state index contributed by atoms with van der Waals surface area (Å²) in [6.07, 6.45) is 8.85. The summed E-state index contributed by atoms with van der Waals surface area (Å²) in [7, 11) is 0. The highest BCUT2D eigenvalue weighted by Crippen LogP contribution is 2.50. The van der Waals surface area contributed by atoms with Gasteiger partial charge in [0.25, 0.3) is 0 Å². The van der Waals surface area contributed by atoms with Gasteiger partial charge < -0.3 is 10.6 Å². The standard InChI is InChI=1S/C15H28N2O/c1-15(2)9-12(15)10-16-11-14(18)17-13-7-5-3-4-6-8-13/h12-13,16H,3-11H2,1-2H3,(H,17,18). The third kappa shape index (κ3) is 4.27. The van der Waals surface area contributed by atoms with Gasteiger partial charge in [-0.3, -0.25) is 4.79 Å². The van der Waals surface area contributed by atoms with E-state index in [4.69, 9.17) is 0 Å². The van der Waals surface area contributed by atoms with E-state index in [-0.39, 0.29) is 5.91 Å². The first-order valence-corrected chi connectivity index (χ1v) is 7.58. The number of carbonyl (C=O) groups is 1. The summed E-state index contributed by atoms with van der Waals surface area (Å²) in [6, 6.07) is 0.430. The lowest BCUT2D eigenvalue weighted by Gasteiger charge is -2.16. The van der Waals surface area contributed by atoms with E-state index in [2.05, 4.69) is 24.5 Å². The molecule has 18 heavy (non-hydrogen) atoms. The van der Waals surface area contributed by atoms with Crippen LogP contribution in [0.3, 0.4) is 0 Å². The molecule has 0 spiro atoms.